The van der Waals surface area contributed by atoms with Gasteiger partial charge >= 0.3 is 0 Å². The lowest BCUT2D eigenvalue weighted by Gasteiger charge is -2.21. The third-order valence-electron chi connectivity index (χ3n) is 2.70. The number of aliphatic hydroxyl groups is 2. The number of amides is 4. The fourth-order valence-corrected chi connectivity index (χ4v) is 1.28. The first-order valence-corrected chi connectivity index (χ1v) is 6.58. The predicted molar refractivity (Wildman–Crippen MR) is 76.7 cm³/mol. The topological polar surface area (TPSA) is 223 Å². The molecular weight excluding hydrogens is 312 g/mol. The van der Waals surface area contributed by atoms with Crippen LogP contribution in [0.2, 0.25) is 0 Å². The molecule has 0 fully saturated rings. The average Bonchev–Trinajstić information content (AvgIpc) is 2.48. The Kier molecular flexibility index (Phi) is 8.72. The van der Waals surface area contributed by atoms with Gasteiger partial charge in [0.2, 0.25) is 11.8 Å². The van der Waals surface area contributed by atoms with Gasteiger partial charge in [-0.3, -0.25) is 30.0 Å². The lowest BCUT2D eigenvalue weighted by molar-refractivity contribution is -0.134. The van der Waals surface area contributed by atoms with Crippen molar-refractivity contribution < 1.29 is 29.4 Å². The normalized spacial score (nSPS) is 15.7. The summed E-state index contributed by atoms with van der Waals surface area (Å²) in [6.07, 6.45) is -1.75. The molecule has 0 bridgehead atoms. The van der Waals surface area contributed by atoms with Crippen LogP contribution in [0.3, 0.4) is 0 Å². The second-order valence-corrected chi connectivity index (χ2v) is 4.77. The third kappa shape index (κ3) is 7.51. The molecule has 12 heteroatoms. The van der Waals surface area contributed by atoms with Crippen molar-refractivity contribution in [3.05, 3.63) is 0 Å². The Hall–Kier alpha value is -2.28. The van der Waals surface area contributed by atoms with Gasteiger partial charge in [0.1, 0.15) is 18.1 Å². The molecule has 0 aliphatic heterocycles. The van der Waals surface area contributed by atoms with Crippen LogP contribution in [0.15, 0.2) is 0 Å². The van der Waals surface area contributed by atoms with Crippen LogP contribution in [-0.2, 0) is 19.2 Å². The number of hydrogen-bond acceptors (Lipinski definition) is 8. The van der Waals surface area contributed by atoms with Gasteiger partial charge in [0.05, 0.1) is 19.1 Å². The Balaban J connectivity index is 4.76. The molecule has 23 heavy (non-hydrogen) atoms. The third-order valence-corrected chi connectivity index (χ3v) is 2.70. The molecule has 0 radical (unpaired) electrons. The van der Waals surface area contributed by atoms with E-state index in [1.807, 2.05) is 10.9 Å². The lowest BCUT2D eigenvalue weighted by Crippen LogP contribution is -2.58. The number of nitrogens with one attached hydrogen (secondary N) is 3. The minimum atomic E-state index is -1.42. The van der Waals surface area contributed by atoms with E-state index in [4.69, 9.17) is 22.3 Å². The zero-order valence-electron chi connectivity index (χ0n) is 12.5. The van der Waals surface area contributed by atoms with Gasteiger partial charge in [-0.2, -0.15) is 0 Å². The summed E-state index contributed by atoms with van der Waals surface area (Å²) in [7, 11) is 0. The Morgan fingerprint density at radius 2 is 1.57 bits per heavy atom. The van der Waals surface area contributed by atoms with Crippen LogP contribution in [0.4, 0.5) is 0 Å². The molecule has 0 rings (SSSR count). The summed E-state index contributed by atoms with van der Waals surface area (Å²) in [5.74, 6) is -3.63. The quantitative estimate of drug-likeness (QED) is 0.199. The lowest BCUT2D eigenvalue weighted by atomic mass is 10.1. The summed E-state index contributed by atoms with van der Waals surface area (Å²) in [5.41, 5.74) is 19.4. The van der Waals surface area contributed by atoms with Crippen LogP contribution in [0.25, 0.3) is 0 Å². The van der Waals surface area contributed by atoms with Gasteiger partial charge in [0.25, 0.3) is 11.8 Å². The van der Waals surface area contributed by atoms with E-state index in [0.717, 1.165) is 0 Å². The van der Waals surface area contributed by atoms with Gasteiger partial charge in [-0.1, -0.05) is 0 Å². The number of primary amides is 1. The molecule has 0 aromatic heterocycles. The first-order valence-electron chi connectivity index (χ1n) is 6.58. The molecule has 0 aromatic carbocycles. The minimum Gasteiger partial charge on any atom is -0.394 e. The van der Waals surface area contributed by atoms with E-state index in [9.17, 15) is 24.3 Å². The van der Waals surface area contributed by atoms with Crippen molar-refractivity contribution in [1.82, 2.24) is 16.2 Å². The van der Waals surface area contributed by atoms with Gasteiger partial charge in [-0.25, -0.2) is 0 Å². The molecule has 132 valence electrons. The molecule has 0 heterocycles. The van der Waals surface area contributed by atoms with E-state index in [1.165, 1.54) is 6.92 Å². The van der Waals surface area contributed by atoms with Gasteiger partial charge in [-0.05, 0) is 6.92 Å². The molecule has 1 unspecified atom stereocenters. The predicted octanol–water partition coefficient (Wildman–Crippen LogP) is -5.48. The Morgan fingerprint density at radius 3 is 2.00 bits per heavy atom. The maximum atomic E-state index is 11.9. The van der Waals surface area contributed by atoms with E-state index in [2.05, 4.69) is 5.32 Å². The van der Waals surface area contributed by atoms with Crippen molar-refractivity contribution in [1.29, 1.82) is 0 Å². The zero-order valence-corrected chi connectivity index (χ0v) is 12.5. The average molecular weight is 334 g/mol. The van der Waals surface area contributed by atoms with Gasteiger partial charge in [-0.15, -0.1) is 0 Å². The van der Waals surface area contributed by atoms with E-state index in [-0.39, 0.29) is 0 Å². The second kappa shape index (κ2) is 9.68. The van der Waals surface area contributed by atoms with Crippen LogP contribution < -0.4 is 33.4 Å². The largest absolute Gasteiger partial charge is 0.394 e. The Labute approximate surface area is 131 Å². The maximum absolute atomic E-state index is 11.9. The fraction of sp³-hybridized carbons (Fsp3) is 0.636. The van der Waals surface area contributed by atoms with Crippen LogP contribution >= 0.6 is 0 Å². The Morgan fingerprint density at radius 1 is 1.04 bits per heavy atom. The first-order chi connectivity index (χ1) is 10.6. The second-order valence-electron chi connectivity index (χ2n) is 4.77. The molecular formula is C11H22N6O6. The van der Waals surface area contributed by atoms with Crippen molar-refractivity contribution >= 4 is 23.6 Å². The number of hydrogen-bond donors (Lipinski definition) is 8. The molecule has 12 nitrogen and oxygen atoms in total. The molecule has 11 N–H and O–H groups in total. The van der Waals surface area contributed by atoms with E-state index in [1.54, 1.807) is 0 Å². The highest BCUT2D eigenvalue weighted by Crippen LogP contribution is 1.95. The van der Waals surface area contributed by atoms with E-state index < -0.39 is 60.9 Å². The fourth-order valence-electron chi connectivity index (χ4n) is 1.28. The van der Waals surface area contributed by atoms with Crippen LogP contribution in [-0.4, -0.2) is 64.7 Å². The highest BCUT2D eigenvalue weighted by molar-refractivity contribution is 5.94. The number of carbonyl (C=O) groups is 4. The molecule has 0 aliphatic carbocycles. The summed E-state index contributed by atoms with van der Waals surface area (Å²) in [6.45, 7) is 0.621. The van der Waals surface area contributed by atoms with Gasteiger partial charge in [0, 0.05) is 0 Å². The standard InChI is InChI=1S/C11H22N6O6/c1-4(19)8(14)11(23)15-6(2-7(13)20)10(22)17-16-9(21)5(12)3-18/h4-6,8,18-19H,2-3,12,14H2,1H3,(H2,13,20)(H,15,23)(H,16,21)(H,17,22)/t4?,5-,6-,8-/m0/s1. The summed E-state index contributed by atoms with van der Waals surface area (Å²) in [5, 5.41) is 20.0. The highest BCUT2D eigenvalue weighted by Gasteiger charge is 2.27. The number of hydrazine groups is 1. The molecule has 4 amide bonds. The molecule has 4 atom stereocenters. The van der Waals surface area contributed by atoms with Crippen molar-refractivity contribution in [3.8, 4) is 0 Å². The van der Waals surface area contributed by atoms with Gasteiger partial charge < -0.3 is 32.7 Å². The van der Waals surface area contributed by atoms with E-state index >= 15 is 0 Å². The number of nitrogens with two attached hydrogens (primary N) is 3. The van der Waals surface area contributed by atoms with E-state index in [0.29, 0.717) is 0 Å². The van der Waals surface area contributed by atoms with Crippen molar-refractivity contribution in [2.24, 2.45) is 17.2 Å². The monoisotopic (exact) mass is 334 g/mol. The Bertz CT molecular complexity index is 456. The van der Waals surface area contributed by atoms with Crippen molar-refractivity contribution in [2.45, 2.75) is 37.6 Å². The smallest absolute Gasteiger partial charge is 0.261 e. The first kappa shape index (κ1) is 20.7. The van der Waals surface area contributed by atoms with Crippen LogP contribution in [0.5, 0.6) is 0 Å². The summed E-state index contributed by atoms with van der Waals surface area (Å²) < 4.78 is 0. The molecule has 0 saturated carbocycles. The highest BCUT2D eigenvalue weighted by atomic mass is 16.3. The molecule has 0 spiro atoms. The number of carbonyl (C=O) groups excluding carboxylic acids is 4. The van der Waals surface area contributed by atoms with Crippen LogP contribution in [0, 0.1) is 0 Å². The zero-order chi connectivity index (χ0) is 18.2. The maximum Gasteiger partial charge on any atom is 0.261 e. The van der Waals surface area contributed by atoms with Crippen molar-refractivity contribution in [3.63, 3.8) is 0 Å². The minimum absolute atomic E-state index is 0.563. The van der Waals surface area contributed by atoms with Crippen molar-refractivity contribution in [2.75, 3.05) is 6.61 Å². The molecule has 0 aromatic rings. The van der Waals surface area contributed by atoms with Crippen LogP contribution in [0.1, 0.15) is 13.3 Å². The number of aliphatic hydroxyl groups excluding tert-OH is 2. The SMILES string of the molecule is CC(O)[C@H](N)C(=O)N[C@@H](CC(N)=O)C(=O)NNC(=O)[C@@H](N)CO. The summed E-state index contributed by atoms with van der Waals surface area (Å²) in [6, 6.07) is -4.01. The number of rotatable bonds is 8. The molecule has 0 aliphatic rings. The summed E-state index contributed by atoms with van der Waals surface area (Å²) >= 11 is 0. The van der Waals surface area contributed by atoms with Gasteiger partial charge in [0.15, 0.2) is 0 Å². The molecule has 0 saturated heterocycles. The summed E-state index contributed by atoms with van der Waals surface area (Å²) in [4.78, 5) is 45.8.